The van der Waals surface area contributed by atoms with Crippen molar-refractivity contribution in [2.75, 3.05) is 0 Å². The van der Waals surface area contributed by atoms with Crippen molar-refractivity contribution in [1.29, 1.82) is 0 Å². The highest BCUT2D eigenvalue weighted by atomic mass is 79.9. The highest BCUT2D eigenvalue weighted by Crippen LogP contribution is 2.32. The van der Waals surface area contributed by atoms with E-state index in [1.54, 1.807) is 6.07 Å². The Hall–Kier alpha value is 0.0900. The van der Waals surface area contributed by atoms with E-state index >= 15 is 0 Å². The SMILES string of the molecule is Cc1cc(S(=O)(=O)NC2CC(C)C2)sc1Br. The number of thiophene rings is 1. The predicted octanol–water partition coefficient (Wildman–Crippen LogP) is 2.90. The standard InChI is InChI=1S/C10H14BrNO2S2/c1-6-3-8(4-6)12-16(13,14)9-5-7(2)10(11)15-9/h5-6,8,12H,3-4H2,1-2H3. The normalized spacial score (nSPS) is 25.4. The van der Waals surface area contributed by atoms with Gasteiger partial charge in [0, 0.05) is 6.04 Å². The summed E-state index contributed by atoms with van der Waals surface area (Å²) in [5, 5.41) is 0. The molecular formula is C10H14BrNO2S2. The van der Waals surface area contributed by atoms with E-state index in [0.717, 1.165) is 22.2 Å². The van der Waals surface area contributed by atoms with Crippen molar-refractivity contribution < 1.29 is 8.42 Å². The summed E-state index contributed by atoms with van der Waals surface area (Å²) in [6, 6.07) is 1.83. The Kier molecular flexibility index (Phi) is 3.45. The number of rotatable bonds is 3. The van der Waals surface area contributed by atoms with Gasteiger partial charge in [0.05, 0.1) is 3.79 Å². The first-order chi connectivity index (χ1) is 7.38. The zero-order valence-electron chi connectivity index (χ0n) is 9.16. The molecule has 1 aromatic heterocycles. The maximum absolute atomic E-state index is 12.0. The smallest absolute Gasteiger partial charge is 0.207 e. The van der Waals surface area contributed by atoms with Crippen molar-refractivity contribution in [2.45, 2.75) is 36.9 Å². The van der Waals surface area contributed by atoms with Gasteiger partial charge in [-0.1, -0.05) is 6.92 Å². The molecule has 0 atom stereocenters. The number of halogens is 1. The average Bonchev–Trinajstić information content (AvgIpc) is 2.45. The van der Waals surface area contributed by atoms with E-state index in [-0.39, 0.29) is 6.04 Å². The molecule has 1 saturated carbocycles. The number of hydrogen-bond donors (Lipinski definition) is 1. The van der Waals surface area contributed by atoms with Gasteiger partial charge in [-0.05, 0) is 53.2 Å². The van der Waals surface area contributed by atoms with E-state index in [4.69, 9.17) is 0 Å². The molecule has 0 unspecified atom stereocenters. The molecule has 0 saturated heterocycles. The van der Waals surface area contributed by atoms with Gasteiger partial charge >= 0.3 is 0 Å². The summed E-state index contributed by atoms with van der Waals surface area (Å²) < 4.78 is 28.0. The zero-order chi connectivity index (χ0) is 11.9. The fraction of sp³-hybridized carbons (Fsp3) is 0.600. The third-order valence-corrected chi connectivity index (χ3v) is 6.93. The molecule has 1 aliphatic carbocycles. The average molecular weight is 324 g/mol. The first kappa shape index (κ1) is 12.5. The minimum Gasteiger partial charge on any atom is -0.207 e. The Morgan fingerprint density at radius 1 is 1.50 bits per heavy atom. The minimum absolute atomic E-state index is 0.126. The largest absolute Gasteiger partial charge is 0.250 e. The lowest BCUT2D eigenvalue weighted by Crippen LogP contribution is -2.43. The summed E-state index contributed by atoms with van der Waals surface area (Å²) in [4.78, 5) is 0. The maximum Gasteiger partial charge on any atom is 0.250 e. The third kappa shape index (κ3) is 2.50. The lowest BCUT2D eigenvalue weighted by Gasteiger charge is -2.32. The van der Waals surface area contributed by atoms with E-state index < -0.39 is 10.0 Å². The summed E-state index contributed by atoms with van der Waals surface area (Å²) >= 11 is 4.61. The van der Waals surface area contributed by atoms with Gasteiger partial charge in [-0.3, -0.25) is 0 Å². The Balaban J connectivity index is 2.13. The summed E-state index contributed by atoms with van der Waals surface area (Å²) in [7, 11) is -3.31. The van der Waals surface area contributed by atoms with Gasteiger partial charge in [0.2, 0.25) is 10.0 Å². The lowest BCUT2D eigenvalue weighted by atomic mass is 9.83. The maximum atomic E-state index is 12.0. The third-order valence-electron chi connectivity index (χ3n) is 2.80. The molecular weight excluding hydrogens is 310 g/mol. The molecule has 0 bridgehead atoms. The van der Waals surface area contributed by atoms with Crippen LogP contribution in [0, 0.1) is 12.8 Å². The van der Waals surface area contributed by atoms with Crippen molar-refractivity contribution in [3.05, 3.63) is 15.4 Å². The molecule has 0 radical (unpaired) electrons. The second-order valence-corrected chi connectivity index (χ2v) is 8.73. The molecule has 90 valence electrons. The molecule has 0 amide bonds. The number of sulfonamides is 1. The van der Waals surface area contributed by atoms with Crippen LogP contribution in [-0.4, -0.2) is 14.5 Å². The summed E-state index contributed by atoms with van der Waals surface area (Å²) in [5.41, 5.74) is 0.965. The molecule has 0 aliphatic heterocycles. The van der Waals surface area contributed by atoms with Crippen LogP contribution in [0.1, 0.15) is 25.3 Å². The Labute approximate surface area is 108 Å². The van der Waals surface area contributed by atoms with Crippen LogP contribution in [-0.2, 0) is 10.0 Å². The van der Waals surface area contributed by atoms with Crippen LogP contribution < -0.4 is 4.72 Å². The highest BCUT2D eigenvalue weighted by molar-refractivity contribution is 9.11. The van der Waals surface area contributed by atoms with Crippen LogP contribution in [0.3, 0.4) is 0 Å². The quantitative estimate of drug-likeness (QED) is 0.929. The van der Waals surface area contributed by atoms with E-state index in [9.17, 15) is 8.42 Å². The molecule has 0 spiro atoms. The van der Waals surface area contributed by atoms with Gasteiger partial charge in [-0.15, -0.1) is 11.3 Å². The molecule has 1 aliphatic rings. The topological polar surface area (TPSA) is 46.2 Å². The van der Waals surface area contributed by atoms with Gasteiger partial charge in [0.1, 0.15) is 4.21 Å². The fourth-order valence-electron chi connectivity index (χ4n) is 1.84. The molecule has 2 rings (SSSR count). The first-order valence-electron chi connectivity index (χ1n) is 5.17. The second-order valence-electron chi connectivity index (χ2n) is 4.42. The van der Waals surface area contributed by atoms with E-state index in [1.165, 1.54) is 11.3 Å². The minimum atomic E-state index is -3.31. The van der Waals surface area contributed by atoms with E-state index in [2.05, 4.69) is 27.6 Å². The van der Waals surface area contributed by atoms with Crippen LogP contribution in [0.15, 0.2) is 14.1 Å². The summed E-state index contributed by atoms with van der Waals surface area (Å²) in [6.45, 7) is 4.03. The van der Waals surface area contributed by atoms with Crippen LogP contribution in [0.5, 0.6) is 0 Å². The highest BCUT2D eigenvalue weighted by Gasteiger charge is 2.30. The molecule has 0 aromatic carbocycles. The first-order valence-corrected chi connectivity index (χ1v) is 8.26. The van der Waals surface area contributed by atoms with Crippen molar-refractivity contribution in [3.8, 4) is 0 Å². The van der Waals surface area contributed by atoms with Crippen molar-refractivity contribution >= 4 is 37.3 Å². The molecule has 1 aromatic rings. The molecule has 1 heterocycles. The number of nitrogens with one attached hydrogen (secondary N) is 1. The Morgan fingerprint density at radius 3 is 2.56 bits per heavy atom. The fourth-order valence-corrected chi connectivity index (χ4v) is 5.34. The van der Waals surface area contributed by atoms with Crippen molar-refractivity contribution in [1.82, 2.24) is 4.72 Å². The van der Waals surface area contributed by atoms with Crippen LogP contribution in [0.25, 0.3) is 0 Å². The molecule has 1 N–H and O–H groups in total. The summed E-state index contributed by atoms with van der Waals surface area (Å²) in [6.07, 6.45) is 1.90. The van der Waals surface area contributed by atoms with Gasteiger partial charge in [0.25, 0.3) is 0 Å². The molecule has 3 nitrogen and oxygen atoms in total. The van der Waals surface area contributed by atoms with Crippen molar-refractivity contribution in [2.24, 2.45) is 5.92 Å². The Bertz CT molecular complexity index is 469. The second kappa shape index (κ2) is 4.40. The van der Waals surface area contributed by atoms with Gasteiger partial charge < -0.3 is 0 Å². The van der Waals surface area contributed by atoms with Gasteiger partial charge in [0.15, 0.2) is 0 Å². The van der Waals surface area contributed by atoms with Crippen LogP contribution >= 0.6 is 27.3 Å². The number of hydrogen-bond acceptors (Lipinski definition) is 3. The predicted molar refractivity (Wildman–Crippen MR) is 69.3 cm³/mol. The van der Waals surface area contributed by atoms with Gasteiger partial charge in [-0.25, -0.2) is 13.1 Å². The summed E-state index contributed by atoms with van der Waals surface area (Å²) in [5.74, 6) is 0.643. The molecule has 1 fully saturated rings. The molecule has 6 heteroatoms. The van der Waals surface area contributed by atoms with Crippen LogP contribution in [0.2, 0.25) is 0 Å². The van der Waals surface area contributed by atoms with Crippen LogP contribution in [0.4, 0.5) is 0 Å². The monoisotopic (exact) mass is 323 g/mol. The lowest BCUT2D eigenvalue weighted by molar-refractivity contribution is 0.270. The van der Waals surface area contributed by atoms with E-state index in [0.29, 0.717) is 10.1 Å². The number of aryl methyl sites for hydroxylation is 1. The zero-order valence-corrected chi connectivity index (χ0v) is 12.4. The Morgan fingerprint density at radius 2 is 2.12 bits per heavy atom. The van der Waals surface area contributed by atoms with E-state index in [1.807, 2.05) is 6.92 Å². The van der Waals surface area contributed by atoms with Gasteiger partial charge in [-0.2, -0.15) is 0 Å². The molecule has 16 heavy (non-hydrogen) atoms. The van der Waals surface area contributed by atoms with Crippen molar-refractivity contribution in [3.63, 3.8) is 0 Å².